The minimum Gasteiger partial charge on any atom is -0.455 e. The molecule has 12 aromatic rings. The summed E-state index contributed by atoms with van der Waals surface area (Å²) in [4.78, 5) is 0. The van der Waals surface area contributed by atoms with Gasteiger partial charge in [0.15, 0.2) is 0 Å². The van der Waals surface area contributed by atoms with Crippen LogP contribution in [0.2, 0.25) is 0 Å². The van der Waals surface area contributed by atoms with Crippen LogP contribution in [-0.4, -0.2) is 4.57 Å². The Bertz CT molecular complexity index is 3440. The maximum Gasteiger partial charge on any atom is 0.143 e. The third-order valence-electron chi connectivity index (χ3n) is 11.5. The van der Waals surface area contributed by atoms with Gasteiger partial charge in [-0.25, -0.2) is 0 Å². The normalized spacial score (nSPS) is 12.1. The van der Waals surface area contributed by atoms with Gasteiger partial charge < -0.3 is 8.98 Å². The first-order valence-electron chi connectivity index (χ1n) is 18.6. The van der Waals surface area contributed by atoms with Gasteiger partial charge in [0.1, 0.15) is 11.2 Å². The van der Waals surface area contributed by atoms with E-state index in [9.17, 15) is 0 Å². The van der Waals surface area contributed by atoms with E-state index in [0.717, 1.165) is 27.3 Å². The van der Waals surface area contributed by atoms with Gasteiger partial charge in [-0.1, -0.05) is 146 Å². The lowest BCUT2D eigenvalue weighted by Crippen LogP contribution is -1.94. The summed E-state index contributed by atoms with van der Waals surface area (Å²) in [5.74, 6) is 0. The van der Waals surface area contributed by atoms with Crippen molar-refractivity contribution in [2.24, 2.45) is 0 Å². The van der Waals surface area contributed by atoms with E-state index in [0.29, 0.717) is 0 Å². The Morgan fingerprint density at radius 2 is 0.889 bits per heavy atom. The first-order chi connectivity index (χ1) is 26.8. The van der Waals surface area contributed by atoms with Crippen LogP contribution >= 0.6 is 0 Å². The standard InChI is InChI=1S/C52H31NO/c1-2-16-33(17-3-1)53-47-27-12-10-19-35(47)44-30-43-32(29-48(44)53)15-14-26-41(43)50-37-21-5-7-23-39(37)51(40-24-8-6-22-38(40)50)45-31-46-36-20-11-13-28-49(36)54-52(46)42-25-9-4-18-34(42)45/h1-31H. The number of para-hydroxylation sites is 3. The van der Waals surface area contributed by atoms with Gasteiger partial charge in [0.2, 0.25) is 0 Å². The lowest BCUT2D eigenvalue weighted by molar-refractivity contribution is 0.672. The van der Waals surface area contributed by atoms with E-state index < -0.39 is 0 Å². The van der Waals surface area contributed by atoms with Crippen LogP contribution in [0.1, 0.15) is 0 Å². The molecule has 2 heterocycles. The quantitative estimate of drug-likeness (QED) is 0.169. The fourth-order valence-electron chi connectivity index (χ4n) is 9.28. The SMILES string of the molecule is c1ccc(-n2c3ccccc3c3cc4c(-c5c6ccccc6c(-c6cc7c8ccccc8oc7c7ccccc67)c6ccccc56)cccc4cc32)cc1. The van der Waals surface area contributed by atoms with Crippen LogP contribution in [0, 0.1) is 0 Å². The van der Waals surface area contributed by atoms with Crippen molar-refractivity contribution in [3.05, 3.63) is 188 Å². The Hall–Kier alpha value is -7.16. The van der Waals surface area contributed by atoms with Gasteiger partial charge in [-0.15, -0.1) is 0 Å². The number of fused-ring (bicyclic) bond motifs is 11. The molecule has 250 valence electrons. The smallest absolute Gasteiger partial charge is 0.143 e. The van der Waals surface area contributed by atoms with Crippen molar-refractivity contribution in [3.8, 4) is 27.9 Å². The molecule has 0 fully saturated rings. The fourth-order valence-corrected chi connectivity index (χ4v) is 9.28. The van der Waals surface area contributed by atoms with Crippen LogP contribution in [0.4, 0.5) is 0 Å². The summed E-state index contributed by atoms with van der Waals surface area (Å²) in [6.07, 6.45) is 0. The predicted octanol–water partition coefficient (Wildman–Crippen LogP) is 14.6. The van der Waals surface area contributed by atoms with Crippen LogP contribution in [0.15, 0.2) is 192 Å². The molecule has 0 saturated heterocycles. The summed E-state index contributed by atoms with van der Waals surface area (Å²) in [7, 11) is 0. The molecule has 2 nitrogen and oxygen atoms in total. The lowest BCUT2D eigenvalue weighted by atomic mass is 9.83. The first kappa shape index (κ1) is 29.4. The number of nitrogens with zero attached hydrogens (tertiary/aromatic N) is 1. The van der Waals surface area contributed by atoms with E-state index >= 15 is 0 Å². The van der Waals surface area contributed by atoms with Crippen molar-refractivity contribution in [1.82, 2.24) is 4.57 Å². The van der Waals surface area contributed by atoms with E-state index in [1.165, 1.54) is 87.5 Å². The molecule has 54 heavy (non-hydrogen) atoms. The van der Waals surface area contributed by atoms with E-state index in [1.807, 2.05) is 6.07 Å². The topological polar surface area (TPSA) is 18.1 Å². The molecule has 2 heteroatoms. The molecule has 0 N–H and O–H groups in total. The summed E-state index contributed by atoms with van der Waals surface area (Å²) in [5, 5.41) is 14.5. The highest BCUT2D eigenvalue weighted by Crippen LogP contribution is 2.49. The Morgan fingerprint density at radius 1 is 0.315 bits per heavy atom. The molecular formula is C52H31NO. The maximum absolute atomic E-state index is 6.53. The molecule has 0 radical (unpaired) electrons. The van der Waals surface area contributed by atoms with Crippen LogP contribution in [0.25, 0.3) is 115 Å². The van der Waals surface area contributed by atoms with Crippen molar-refractivity contribution >= 4 is 86.8 Å². The monoisotopic (exact) mass is 685 g/mol. The molecule has 0 atom stereocenters. The largest absolute Gasteiger partial charge is 0.455 e. The van der Waals surface area contributed by atoms with Gasteiger partial charge in [-0.3, -0.25) is 0 Å². The highest BCUT2D eigenvalue weighted by molar-refractivity contribution is 6.28. The van der Waals surface area contributed by atoms with E-state index in [2.05, 4.69) is 187 Å². The Morgan fingerprint density at radius 3 is 1.61 bits per heavy atom. The van der Waals surface area contributed by atoms with Crippen LogP contribution in [-0.2, 0) is 0 Å². The second kappa shape index (κ2) is 11.2. The van der Waals surface area contributed by atoms with Crippen LogP contribution < -0.4 is 0 Å². The lowest BCUT2D eigenvalue weighted by Gasteiger charge is -2.20. The highest BCUT2D eigenvalue weighted by atomic mass is 16.3. The minimum absolute atomic E-state index is 0.914. The zero-order valence-corrected chi connectivity index (χ0v) is 29.3. The second-order valence-corrected chi connectivity index (χ2v) is 14.4. The average Bonchev–Trinajstić information content (AvgIpc) is 3.77. The highest BCUT2D eigenvalue weighted by Gasteiger charge is 2.22. The zero-order chi connectivity index (χ0) is 35.3. The molecule has 0 bridgehead atoms. The summed E-state index contributed by atoms with van der Waals surface area (Å²) in [6.45, 7) is 0. The molecule has 0 unspecified atom stereocenters. The molecule has 12 rings (SSSR count). The number of aromatic nitrogens is 1. The zero-order valence-electron chi connectivity index (χ0n) is 29.3. The number of hydrogen-bond donors (Lipinski definition) is 0. The van der Waals surface area contributed by atoms with Gasteiger partial charge in [-0.2, -0.15) is 0 Å². The molecule has 0 saturated carbocycles. The first-order valence-corrected chi connectivity index (χ1v) is 18.6. The molecule has 10 aromatic carbocycles. The maximum atomic E-state index is 6.53. The van der Waals surface area contributed by atoms with Crippen LogP contribution in [0.3, 0.4) is 0 Å². The van der Waals surface area contributed by atoms with Crippen molar-refractivity contribution in [2.75, 3.05) is 0 Å². The van der Waals surface area contributed by atoms with E-state index in [-0.39, 0.29) is 0 Å². The van der Waals surface area contributed by atoms with Gasteiger partial charge in [0.25, 0.3) is 0 Å². The molecular weight excluding hydrogens is 655 g/mol. The third kappa shape index (κ3) is 4.05. The Kier molecular flexibility index (Phi) is 6.09. The summed E-state index contributed by atoms with van der Waals surface area (Å²) < 4.78 is 8.94. The molecule has 0 aliphatic rings. The third-order valence-corrected chi connectivity index (χ3v) is 11.5. The Balaban J connectivity index is 1.20. The van der Waals surface area contributed by atoms with Crippen molar-refractivity contribution in [1.29, 1.82) is 0 Å². The fraction of sp³-hybridized carbons (Fsp3) is 0. The number of furan rings is 1. The number of rotatable bonds is 3. The second-order valence-electron chi connectivity index (χ2n) is 14.4. The van der Waals surface area contributed by atoms with Crippen molar-refractivity contribution in [2.45, 2.75) is 0 Å². The summed E-state index contributed by atoms with van der Waals surface area (Å²) in [5.41, 5.74) is 10.4. The van der Waals surface area contributed by atoms with E-state index in [1.54, 1.807) is 0 Å². The average molecular weight is 686 g/mol. The molecule has 0 amide bonds. The van der Waals surface area contributed by atoms with Crippen molar-refractivity contribution < 1.29 is 4.42 Å². The van der Waals surface area contributed by atoms with E-state index in [4.69, 9.17) is 4.42 Å². The van der Waals surface area contributed by atoms with Gasteiger partial charge in [0.05, 0.1) is 11.0 Å². The molecule has 0 aliphatic carbocycles. The van der Waals surface area contributed by atoms with Gasteiger partial charge in [-0.05, 0) is 102 Å². The molecule has 0 aliphatic heterocycles. The minimum atomic E-state index is 0.914. The van der Waals surface area contributed by atoms with Crippen LogP contribution in [0.5, 0.6) is 0 Å². The van der Waals surface area contributed by atoms with Gasteiger partial charge in [0, 0.05) is 32.6 Å². The number of hydrogen-bond acceptors (Lipinski definition) is 1. The van der Waals surface area contributed by atoms with Crippen molar-refractivity contribution in [3.63, 3.8) is 0 Å². The summed E-state index contributed by atoms with van der Waals surface area (Å²) in [6, 6.07) is 68.6. The number of benzene rings is 10. The summed E-state index contributed by atoms with van der Waals surface area (Å²) >= 11 is 0. The van der Waals surface area contributed by atoms with Gasteiger partial charge >= 0.3 is 0 Å². The molecule has 0 spiro atoms. The molecule has 2 aromatic heterocycles. The predicted molar refractivity (Wildman–Crippen MR) is 229 cm³/mol. The Labute approximate surface area is 310 Å².